The third-order valence-electron chi connectivity index (χ3n) is 1.25. The fourth-order valence-electron chi connectivity index (χ4n) is 0.626. The molecule has 2 heteroatoms. The maximum Gasteiger partial charge on any atom is 0.169 e. The van der Waals surface area contributed by atoms with Crippen molar-refractivity contribution in [3.63, 3.8) is 0 Å². The minimum Gasteiger partial charge on any atom is -0.457 e. The summed E-state index contributed by atoms with van der Waals surface area (Å²) in [4.78, 5) is 0. The number of rotatable bonds is 1. The molecule has 0 aliphatic heterocycles. The molecule has 1 rings (SSSR count). The molecule has 1 aromatic heterocycles. The third kappa shape index (κ3) is 1.58. The minimum absolute atomic E-state index is 0.556. The zero-order valence-corrected chi connectivity index (χ0v) is 7.10. The summed E-state index contributed by atoms with van der Waals surface area (Å²) in [5.41, 5.74) is 1.24. The van der Waals surface area contributed by atoms with Crippen molar-refractivity contribution in [1.82, 2.24) is 0 Å². The summed E-state index contributed by atoms with van der Waals surface area (Å²) in [6.45, 7) is 4.27. The lowest BCUT2D eigenvalue weighted by Gasteiger charge is -1.94. The Morgan fingerprint density at radius 2 is 2.22 bits per heavy atom. The van der Waals surface area contributed by atoms with E-state index in [-0.39, 0.29) is 0 Å². The van der Waals surface area contributed by atoms with Gasteiger partial charge in [0.1, 0.15) is 0 Å². The van der Waals surface area contributed by atoms with Crippen LogP contribution in [0.5, 0.6) is 0 Å². The molecule has 0 saturated carbocycles. The van der Waals surface area contributed by atoms with Gasteiger partial charge in [0, 0.05) is 0 Å². The molecule has 1 heterocycles. The standard InChI is InChI=1S/C7H9BrO/c1-5(2)6-3-7(8)9-4-6/h3-5H,1-2H3. The molecule has 0 aliphatic rings. The fourth-order valence-corrected chi connectivity index (χ4v) is 0.984. The van der Waals surface area contributed by atoms with Gasteiger partial charge in [-0.05, 0) is 33.5 Å². The molecule has 1 nitrogen and oxygen atoms in total. The first-order valence-electron chi connectivity index (χ1n) is 2.94. The average Bonchev–Trinajstić information content (AvgIpc) is 2.14. The van der Waals surface area contributed by atoms with Crippen LogP contribution in [0.1, 0.15) is 25.3 Å². The largest absolute Gasteiger partial charge is 0.457 e. The van der Waals surface area contributed by atoms with Crippen LogP contribution in [0.2, 0.25) is 0 Å². The van der Waals surface area contributed by atoms with Gasteiger partial charge >= 0.3 is 0 Å². The molecule has 50 valence electrons. The van der Waals surface area contributed by atoms with Gasteiger partial charge in [-0.1, -0.05) is 13.8 Å². The van der Waals surface area contributed by atoms with E-state index in [2.05, 4.69) is 29.8 Å². The minimum atomic E-state index is 0.556. The number of hydrogen-bond donors (Lipinski definition) is 0. The molecule has 0 unspecified atom stereocenters. The highest BCUT2D eigenvalue weighted by Gasteiger charge is 2.01. The molecular weight excluding hydrogens is 180 g/mol. The van der Waals surface area contributed by atoms with E-state index >= 15 is 0 Å². The van der Waals surface area contributed by atoms with Gasteiger partial charge in [-0.3, -0.25) is 0 Å². The third-order valence-corrected chi connectivity index (χ3v) is 1.67. The topological polar surface area (TPSA) is 13.1 Å². The normalized spacial score (nSPS) is 10.7. The maximum absolute atomic E-state index is 5.04. The Labute approximate surface area is 63.2 Å². The predicted molar refractivity (Wildman–Crippen MR) is 40.5 cm³/mol. The van der Waals surface area contributed by atoms with Gasteiger partial charge in [0.15, 0.2) is 4.67 Å². The number of halogens is 1. The van der Waals surface area contributed by atoms with Crippen LogP contribution in [-0.4, -0.2) is 0 Å². The van der Waals surface area contributed by atoms with E-state index in [4.69, 9.17) is 4.42 Å². The molecule has 0 N–H and O–H groups in total. The van der Waals surface area contributed by atoms with E-state index in [0.717, 1.165) is 4.67 Å². The van der Waals surface area contributed by atoms with Crippen molar-refractivity contribution in [3.05, 3.63) is 22.6 Å². The lowest BCUT2D eigenvalue weighted by Crippen LogP contribution is -1.79. The Hall–Kier alpha value is -0.240. The monoisotopic (exact) mass is 188 g/mol. The van der Waals surface area contributed by atoms with Crippen molar-refractivity contribution >= 4 is 15.9 Å². The van der Waals surface area contributed by atoms with E-state index in [1.54, 1.807) is 6.26 Å². The predicted octanol–water partition coefficient (Wildman–Crippen LogP) is 3.17. The zero-order valence-electron chi connectivity index (χ0n) is 5.52. The second kappa shape index (κ2) is 2.56. The molecule has 9 heavy (non-hydrogen) atoms. The first-order valence-corrected chi connectivity index (χ1v) is 3.73. The van der Waals surface area contributed by atoms with E-state index in [1.165, 1.54) is 5.56 Å². The molecular formula is C7H9BrO. The summed E-state index contributed by atoms with van der Waals surface area (Å²) in [6.07, 6.45) is 1.77. The van der Waals surface area contributed by atoms with Crippen LogP contribution in [0.4, 0.5) is 0 Å². The van der Waals surface area contributed by atoms with Gasteiger partial charge < -0.3 is 4.42 Å². The molecule has 0 saturated heterocycles. The van der Waals surface area contributed by atoms with Crippen molar-refractivity contribution < 1.29 is 4.42 Å². The number of hydrogen-bond acceptors (Lipinski definition) is 1. The Bertz CT molecular complexity index is 191. The van der Waals surface area contributed by atoms with Crippen molar-refractivity contribution in [2.75, 3.05) is 0 Å². The Morgan fingerprint density at radius 3 is 2.44 bits per heavy atom. The summed E-state index contributed by atoms with van der Waals surface area (Å²) in [7, 11) is 0. The first-order chi connectivity index (χ1) is 4.20. The van der Waals surface area contributed by atoms with Gasteiger partial charge in [0.2, 0.25) is 0 Å². The van der Waals surface area contributed by atoms with Gasteiger partial charge in [0.25, 0.3) is 0 Å². The molecule has 0 radical (unpaired) electrons. The lowest BCUT2D eigenvalue weighted by molar-refractivity contribution is 0.537. The quantitative estimate of drug-likeness (QED) is 0.661. The maximum atomic E-state index is 5.04. The molecule has 0 aliphatic carbocycles. The smallest absolute Gasteiger partial charge is 0.169 e. The van der Waals surface area contributed by atoms with Gasteiger partial charge in [-0.2, -0.15) is 0 Å². The second-order valence-electron chi connectivity index (χ2n) is 2.34. The van der Waals surface area contributed by atoms with Crippen LogP contribution >= 0.6 is 15.9 Å². The lowest BCUT2D eigenvalue weighted by atomic mass is 10.1. The average molecular weight is 189 g/mol. The van der Waals surface area contributed by atoms with E-state index < -0.39 is 0 Å². The van der Waals surface area contributed by atoms with Crippen molar-refractivity contribution in [2.24, 2.45) is 0 Å². The molecule has 0 bridgehead atoms. The molecule has 0 spiro atoms. The van der Waals surface area contributed by atoms with Crippen LogP contribution in [0.3, 0.4) is 0 Å². The molecule has 0 amide bonds. The van der Waals surface area contributed by atoms with Crippen molar-refractivity contribution in [2.45, 2.75) is 19.8 Å². The zero-order chi connectivity index (χ0) is 6.85. The summed E-state index contributed by atoms with van der Waals surface area (Å²) in [5, 5.41) is 0. The summed E-state index contributed by atoms with van der Waals surface area (Å²) >= 11 is 3.23. The van der Waals surface area contributed by atoms with Gasteiger partial charge in [0.05, 0.1) is 6.26 Å². The first kappa shape index (κ1) is 6.87. The van der Waals surface area contributed by atoms with E-state index in [1.807, 2.05) is 6.07 Å². The van der Waals surface area contributed by atoms with Crippen LogP contribution in [0, 0.1) is 0 Å². The van der Waals surface area contributed by atoms with Gasteiger partial charge in [-0.15, -0.1) is 0 Å². The molecule has 0 fully saturated rings. The summed E-state index contributed by atoms with van der Waals surface area (Å²) < 4.78 is 5.85. The molecule has 0 atom stereocenters. The van der Waals surface area contributed by atoms with Crippen LogP contribution in [0.25, 0.3) is 0 Å². The van der Waals surface area contributed by atoms with E-state index in [0.29, 0.717) is 5.92 Å². The van der Waals surface area contributed by atoms with Crippen LogP contribution in [-0.2, 0) is 0 Å². The highest BCUT2D eigenvalue weighted by molar-refractivity contribution is 9.10. The fraction of sp³-hybridized carbons (Fsp3) is 0.429. The molecule has 1 aromatic rings. The van der Waals surface area contributed by atoms with Crippen LogP contribution < -0.4 is 0 Å². The van der Waals surface area contributed by atoms with Crippen molar-refractivity contribution in [1.29, 1.82) is 0 Å². The second-order valence-corrected chi connectivity index (χ2v) is 3.12. The Balaban J connectivity index is 2.85. The van der Waals surface area contributed by atoms with Gasteiger partial charge in [-0.25, -0.2) is 0 Å². The van der Waals surface area contributed by atoms with E-state index in [9.17, 15) is 0 Å². The summed E-state index contributed by atoms with van der Waals surface area (Å²) in [6, 6.07) is 1.99. The Morgan fingerprint density at radius 1 is 1.56 bits per heavy atom. The van der Waals surface area contributed by atoms with Crippen LogP contribution in [0.15, 0.2) is 21.4 Å². The van der Waals surface area contributed by atoms with Crippen molar-refractivity contribution in [3.8, 4) is 0 Å². The SMILES string of the molecule is CC(C)c1coc(Br)c1. The number of furan rings is 1. The Kier molecular flexibility index (Phi) is 1.96. The highest BCUT2D eigenvalue weighted by Crippen LogP contribution is 2.20. The molecule has 0 aromatic carbocycles. The highest BCUT2D eigenvalue weighted by atomic mass is 79.9. The summed E-state index contributed by atoms with van der Waals surface area (Å²) in [5.74, 6) is 0.556.